The molecule has 2 amide bonds. The number of rotatable bonds is 7. The summed E-state index contributed by atoms with van der Waals surface area (Å²) in [5, 5.41) is 13.5. The number of para-hydroxylation sites is 1. The summed E-state index contributed by atoms with van der Waals surface area (Å²) in [5.74, 6) is -1.51. The minimum absolute atomic E-state index is 0.0843. The molecular weight excluding hydrogens is 466 g/mol. The van der Waals surface area contributed by atoms with E-state index < -0.39 is 34.8 Å². The normalized spacial score (nSPS) is 21.0. The molecule has 0 aromatic heterocycles. The van der Waals surface area contributed by atoms with Gasteiger partial charge in [0.2, 0.25) is 5.91 Å². The van der Waals surface area contributed by atoms with E-state index in [0.717, 1.165) is 10.5 Å². The molecule has 10 nitrogen and oxygen atoms in total. The van der Waals surface area contributed by atoms with Crippen LogP contribution in [0.3, 0.4) is 0 Å². The van der Waals surface area contributed by atoms with Crippen molar-refractivity contribution in [3.8, 4) is 11.5 Å². The summed E-state index contributed by atoms with van der Waals surface area (Å²) in [4.78, 5) is 45.9. The monoisotopic (exact) mass is 489 g/mol. The van der Waals surface area contributed by atoms with Crippen LogP contribution < -0.4 is 14.5 Å². The van der Waals surface area contributed by atoms with Crippen LogP contribution in [0.1, 0.15) is 17.2 Å². The van der Waals surface area contributed by atoms with Crippen molar-refractivity contribution in [3.63, 3.8) is 0 Å². The number of nitro groups is 1. The summed E-state index contributed by atoms with van der Waals surface area (Å²) in [6.07, 6.45) is -1.13. The first-order valence-corrected chi connectivity index (χ1v) is 11.2. The number of likely N-dealkylation sites (tertiary alicyclic amines) is 1. The maximum Gasteiger partial charge on any atom is 0.278 e. The topological polar surface area (TPSA) is 111 Å². The van der Waals surface area contributed by atoms with E-state index in [2.05, 4.69) is 0 Å². The number of benzene rings is 3. The Morgan fingerprint density at radius 3 is 2.14 bits per heavy atom. The lowest BCUT2D eigenvalue weighted by molar-refractivity contribution is -0.385. The summed E-state index contributed by atoms with van der Waals surface area (Å²) in [6.45, 7) is 0.0843. The highest BCUT2D eigenvalue weighted by Gasteiger charge is 2.61. The first-order chi connectivity index (χ1) is 17.4. The molecule has 2 saturated heterocycles. The summed E-state index contributed by atoms with van der Waals surface area (Å²) < 4.78 is 10.7. The average molecular weight is 489 g/mol. The van der Waals surface area contributed by atoms with Gasteiger partial charge in [-0.05, 0) is 23.8 Å². The number of anilines is 1. The number of imide groups is 1. The zero-order chi connectivity index (χ0) is 25.4. The van der Waals surface area contributed by atoms with Crippen LogP contribution in [0.4, 0.5) is 11.4 Å². The highest BCUT2D eigenvalue weighted by molar-refractivity contribution is 6.07. The van der Waals surface area contributed by atoms with Crippen LogP contribution in [0, 0.1) is 16.0 Å². The summed E-state index contributed by atoms with van der Waals surface area (Å²) in [5.41, 5.74) is 1.24. The molecule has 2 aliphatic heterocycles. The quantitative estimate of drug-likeness (QED) is 0.281. The number of methoxy groups -OCH3 is 2. The second-order valence-corrected chi connectivity index (χ2v) is 8.43. The molecule has 0 aliphatic carbocycles. The zero-order valence-corrected chi connectivity index (χ0v) is 19.6. The Balaban J connectivity index is 1.63. The second-order valence-electron chi connectivity index (χ2n) is 8.43. The largest absolute Gasteiger partial charge is 0.493 e. The van der Waals surface area contributed by atoms with Gasteiger partial charge in [-0.15, -0.1) is 0 Å². The van der Waals surface area contributed by atoms with Crippen LogP contribution in [-0.4, -0.2) is 42.0 Å². The van der Waals surface area contributed by atoms with E-state index in [0.29, 0.717) is 5.69 Å². The average Bonchev–Trinajstić information content (AvgIpc) is 3.40. The molecule has 0 radical (unpaired) electrons. The second kappa shape index (κ2) is 9.31. The van der Waals surface area contributed by atoms with Gasteiger partial charge in [-0.25, -0.2) is 5.06 Å². The van der Waals surface area contributed by atoms with Gasteiger partial charge in [0.15, 0.2) is 17.6 Å². The van der Waals surface area contributed by atoms with Crippen molar-refractivity contribution in [3.05, 3.63) is 94.0 Å². The van der Waals surface area contributed by atoms with E-state index in [9.17, 15) is 19.7 Å². The Bertz CT molecular complexity index is 1320. The molecule has 0 spiro atoms. The predicted octanol–water partition coefficient (Wildman–Crippen LogP) is 3.66. The van der Waals surface area contributed by atoms with E-state index in [4.69, 9.17) is 14.3 Å². The molecule has 0 N–H and O–H groups in total. The fourth-order valence-corrected chi connectivity index (χ4v) is 4.79. The summed E-state index contributed by atoms with van der Waals surface area (Å²) >= 11 is 0. The van der Waals surface area contributed by atoms with Gasteiger partial charge in [-0.2, -0.15) is 0 Å². The third-order valence-electron chi connectivity index (χ3n) is 6.45. The van der Waals surface area contributed by atoms with Gasteiger partial charge in [0.25, 0.3) is 11.6 Å². The van der Waals surface area contributed by atoms with E-state index >= 15 is 0 Å². The number of carbonyl (C=O) groups is 2. The lowest BCUT2D eigenvalue weighted by Gasteiger charge is -2.29. The van der Waals surface area contributed by atoms with E-state index in [-0.39, 0.29) is 29.3 Å². The molecule has 36 heavy (non-hydrogen) atoms. The number of fused-ring (bicyclic) bond motifs is 1. The molecule has 0 saturated carbocycles. The van der Waals surface area contributed by atoms with Crippen molar-refractivity contribution in [2.24, 2.45) is 5.92 Å². The number of hydrogen-bond acceptors (Lipinski definition) is 8. The molecule has 5 rings (SSSR count). The Labute approximate surface area is 206 Å². The zero-order valence-electron chi connectivity index (χ0n) is 19.6. The van der Waals surface area contributed by atoms with Crippen molar-refractivity contribution in [2.75, 3.05) is 19.3 Å². The Morgan fingerprint density at radius 1 is 0.917 bits per heavy atom. The van der Waals surface area contributed by atoms with Crippen LogP contribution in [0.15, 0.2) is 72.8 Å². The summed E-state index contributed by atoms with van der Waals surface area (Å²) in [7, 11) is 2.80. The van der Waals surface area contributed by atoms with Gasteiger partial charge in [0, 0.05) is 0 Å². The Hall–Kier alpha value is -4.44. The SMILES string of the molecule is COc1cc([C@H]2[C@H]3C(=O)N(Cc4ccccc4)C(=O)[C@H]3ON2c2ccccc2)c([N+](=O)[O-])cc1OC. The highest BCUT2D eigenvalue weighted by Crippen LogP contribution is 2.50. The van der Waals surface area contributed by atoms with E-state index in [1.54, 1.807) is 24.3 Å². The van der Waals surface area contributed by atoms with Gasteiger partial charge in [-0.3, -0.25) is 29.4 Å². The standard InChI is InChI=1S/C26H23N3O7/c1-34-20-13-18(19(29(32)33)14-21(20)35-2)23-22-24(36-28(23)17-11-7-4-8-12-17)26(31)27(25(22)30)15-16-9-5-3-6-10-16/h3-14,22-24H,15H2,1-2H3/t22-,23+,24+/m1/s1. The van der Waals surface area contributed by atoms with Crippen LogP contribution in [0.2, 0.25) is 0 Å². The number of ether oxygens (including phenoxy) is 2. The van der Waals surface area contributed by atoms with Gasteiger partial charge in [-0.1, -0.05) is 48.5 Å². The third-order valence-corrected chi connectivity index (χ3v) is 6.45. The molecule has 2 fully saturated rings. The fourth-order valence-electron chi connectivity index (χ4n) is 4.79. The van der Waals surface area contributed by atoms with Crippen LogP contribution in [0.25, 0.3) is 0 Å². The highest BCUT2D eigenvalue weighted by atomic mass is 16.7. The number of amides is 2. The molecule has 0 unspecified atom stereocenters. The molecule has 0 bridgehead atoms. The van der Waals surface area contributed by atoms with Gasteiger partial charge in [0.1, 0.15) is 12.0 Å². The summed E-state index contributed by atoms with van der Waals surface area (Å²) in [6, 6.07) is 19.8. The number of hydroxylamine groups is 1. The van der Waals surface area contributed by atoms with Crippen molar-refractivity contribution in [1.82, 2.24) is 4.90 Å². The molecule has 2 aliphatic rings. The predicted molar refractivity (Wildman–Crippen MR) is 128 cm³/mol. The fraction of sp³-hybridized carbons (Fsp3) is 0.231. The number of carbonyl (C=O) groups excluding carboxylic acids is 2. The molecule has 10 heteroatoms. The Morgan fingerprint density at radius 2 is 1.53 bits per heavy atom. The minimum atomic E-state index is -1.13. The molecule has 3 aromatic rings. The van der Waals surface area contributed by atoms with Crippen molar-refractivity contribution < 1.29 is 28.8 Å². The lowest BCUT2D eigenvalue weighted by atomic mass is 9.89. The van der Waals surface area contributed by atoms with Crippen LogP contribution in [0.5, 0.6) is 11.5 Å². The number of hydrogen-bond donors (Lipinski definition) is 0. The van der Waals surface area contributed by atoms with Gasteiger partial charge >= 0.3 is 0 Å². The van der Waals surface area contributed by atoms with Crippen molar-refractivity contribution in [1.29, 1.82) is 0 Å². The van der Waals surface area contributed by atoms with E-state index in [1.165, 1.54) is 31.4 Å². The lowest BCUT2D eigenvalue weighted by Crippen LogP contribution is -2.37. The third kappa shape index (κ3) is 3.81. The van der Waals surface area contributed by atoms with Gasteiger partial charge < -0.3 is 9.47 Å². The first-order valence-electron chi connectivity index (χ1n) is 11.2. The van der Waals surface area contributed by atoms with Crippen LogP contribution in [-0.2, 0) is 21.0 Å². The maximum atomic E-state index is 13.7. The van der Waals surface area contributed by atoms with Crippen LogP contribution >= 0.6 is 0 Å². The van der Waals surface area contributed by atoms with E-state index in [1.807, 2.05) is 36.4 Å². The Kier molecular flexibility index (Phi) is 6.03. The number of nitrogens with zero attached hydrogens (tertiary/aromatic N) is 3. The van der Waals surface area contributed by atoms with Crippen molar-refractivity contribution in [2.45, 2.75) is 18.7 Å². The molecule has 2 heterocycles. The molecule has 3 atom stereocenters. The molecular formula is C26H23N3O7. The smallest absolute Gasteiger partial charge is 0.278 e. The minimum Gasteiger partial charge on any atom is -0.493 e. The number of nitro benzene ring substituents is 1. The van der Waals surface area contributed by atoms with Gasteiger partial charge in [0.05, 0.1) is 43.0 Å². The van der Waals surface area contributed by atoms with Crippen molar-refractivity contribution >= 4 is 23.2 Å². The molecule has 184 valence electrons. The first kappa shape index (κ1) is 23.3. The molecule has 3 aromatic carbocycles. The maximum absolute atomic E-state index is 13.7.